The second kappa shape index (κ2) is 8.62. The maximum absolute atomic E-state index is 13.2. The standard InChI is InChI=1S/C22H24NO3P/c1-4-25-27(24,26-5-2)21-16-15-20(18-9-7-6-8-10-18)22(23-21)19-13-11-17(3)12-14-19/h6-16H,4-5H2,1-3H3. The van der Waals surface area contributed by atoms with Gasteiger partial charge in [0.2, 0.25) is 0 Å². The first-order chi connectivity index (χ1) is 13.1. The van der Waals surface area contributed by atoms with Crippen LogP contribution < -0.4 is 5.44 Å². The van der Waals surface area contributed by atoms with Crippen LogP contribution in [0, 0.1) is 6.92 Å². The van der Waals surface area contributed by atoms with Crippen LogP contribution in [-0.2, 0) is 13.6 Å². The molecular formula is C22H24NO3P. The Morgan fingerprint density at radius 2 is 1.44 bits per heavy atom. The number of nitrogens with zero attached hydrogens (tertiary/aromatic N) is 1. The summed E-state index contributed by atoms with van der Waals surface area (Å²) in [7, 11) is -3.45. The van der Waals surface area contributed by atoms with Gasteiger partial charge in [-0.2, -0.15) is 0 Å². The lowest BCUT2D eigenvalue weighted by atomic mass is 9.99. The molecule has 4 nitrogen and oxygen atoms in total. The van der Waals surface area contributed by atoms with Gasteiger partial charge in [-0.15, -0.1) is 0 Å². The van der Waals surface area contributed by atoms with E-state index in [2.05, 4.69) is 0 Å². The van der Waals surface area contributed by atoms with Crippen molar-refractivity contribution in [1.29, 1.82) is 0 Å². The number of pyridine rings is 1. The van der Waals surface area contributed by atoms with E-state index in [0.29, 0.717) is 18.6 Å². The van der Waals surface area contributed by atoms with Gasteiger partial charge < -0.3 is 9.05 Å². The van der Waals surface area contributed by atoms with Gasteiger partial charge in [-0.25, -0.2) is 4.98 Å². The molecule has 0 fully saturated rings. The molecule has 140 valence electrons. The van der Waals surface area contributed by atoms with Crippen molar-refractivity contribution in [3.63, 3.8) is 0 Å². The van der Waals surface area contributed by atoms with Crippen molar-refractivity contribution in [1.82, 2.24) is 4.98 Å². The predicted molar refractivity (Wildman–Crippen MR) is 110 cm³/mol. The number of rotatable bonds is 7. The van der Waals surface area contributed by atoms with Gasteiger partial charge in [0.05, 0.1) is 18.9 Å². The molecule has 1 heterocycles. The molecule has 0 aliphatic rings. The van der Waals surface area contributed by atoms with Crippen molar-refractivity contribution >= 4 is 13.0 Å². The summed E-state index contributed by atoms with van der Waals surface area (Å²) in [5.41, 5.74) is 5.25. The van der Waals surface area contributed by atoms with Gasteiger partial charge in [-0.3, -0.25) is 4.57 Å². The summed E-state index contributed by atoms with van der Waals surface area (Å²) in [6, 6.07) is 21.9. The molecule has 0 unspecified atom stereocenters. The molecule has 2 aromatic carbocycles. The Kier molecular flexibility index (Phi) is 6.22. The number of benzene rings is 2. The predicted octanol–water partition coefficient (Wildman–Crippen LogP) is 5.62. The van der Waals surface area contributed by atoms with Gasteiger partial charge in [0.25, 0.3) is 0 Å². The number of aryl methyl sites for hydroxylation is 1. The second-order valence-electron chi connectivity index (χ2n) is 6.13. The van der Waals surface area contributed by atoms with Crippen LogP contribution >= 0.6 is 7.60 Å². The Bertz CT molecular complexity index is 930. The van der Waals surface area contributed by atoms with Crippen molar-refractivity contribution in [3.05, 3.63) is 72.3 Å². The molecule has 0 saturated heterocycles. The zero-order valence-electron chi connectivity index (χ0n) is 15.9. The summed E-state index contributed by atoms with van der Waals surface area (Å²) < 4.78 is 24.2. The Labute approximate surface area is 160 Å². The quantitative estimate of drug-likeness (QED) is 0.499. The summed E-state index contributed by atoms with van der Waals surface area (Å²) in [4.78, 5) is 4.75. The molecule has 0 bridgehead atoms. The molecule has 0 atom stereocenters. The molecule has 0 aliphatic heterocycles. The highest BCUT2D eigenvalue weighted by atomic mass is 31.2. The van der Waals surface area contributed by atoms with Gasteiger partial charge in [0, 0.05) is 11.1 Å². The van der Waals surface area contributed by atoms with Crippen LogP contribution in [0.2, 0.25) is 0 Å². The average Bonchev–Trinajstić information content (AvgIpc) is 2.69. The first-order valence-electron chi connectivity index (χ1n) is 9.10. The fourth-order valence-corrected chi connectivity index (χ4v) is 4.39. The smallest absolute Gasteiger partial charge is 0.304 e. The first kappa shape index (κ1) is 19.5. The van der Waals surface area contributed by atoms with Gasteiger partial charge in [0.1, 0.15) is 0 Å². The van der Waals surface area contributed by atoms with Crippen molar-refractivity contribution in [3.8, 4) is 22.4 Å². The van der Waals surface area contributed by atoms with E-state index in [1.54, 1.807) is 19.9 Å². The van der Waals surface area contributed by atoms with Crippen LogP contribution in [0.25, 0.3) is 22.4 Å². The number of hydrogen-bond acceptors (Lipinski definition) is 4. The normalized spacial score (nSPS) is 11.5. The lowest BCUT2D eigenvalue weighted by Crippen LogP contribution is -2.15. The molecule has 3 aromatic rings. The van der Waals surface area contributed by atoms with E-state index in [4.69, 9.17) is 14.0 Å². The van der Waals surface area contributed by atoms with Gasteiger partial charge >= 0.3 is 7.60 Å². The molecule has 27 heavy (non-hydrogen) atoms. The molecule has 3 rings (SSSR count). The third-order valence-electron chi connectivity index (χ3n) is 4.17. The lowest BCUT2D eigenvalue weighted by molar-refractivity contribution is 0.229. The first-order valence-corrected chi connectivity index (χ1v) is 10.6. The molecule has 1 aromatic heterocycles. The highest BCUT2D eigenvalue weighted by Gasteiger charge is 2.29. The highest BCUT2D eigenvalue weighted by molar-refractivity contribution is 7.61. The van der Waals surface area contributed by atoms with Crippen LogP contribution in [0.1, 0.15) is 19.4 Å². The number of hydrogen-bond donors (Lipinski definition) is 0. The molecule has 5 heteroatoms. The van der Waals surface area contributed by atoms with Crippen LogP contribution in [0.3, 0.4) is 0 Å². The molecule has 0 spiro atoms. The fraction of sp³-hybridized carbons (Fsp3) is 0.227. The summed E-state index contributed by atoms with van der Waals surface area (Å²) in [5, 5.41) is 0. The van der Waals surface area contributed by atoms with Crippen molar-refractivity contribution < 1.29 is 13.6 Å². The molecule has 0 N–H and O–H groups in total. The van der Waals surface area contributed by atoms with Gasteiger partial charge in [0.15, 0.2) is 5.44 Å². The van der Waals surface area contributed by atoms with Gasteiger partial charge in [-0.1, -0.05) is 60.2 Å². The third-order valence-corrected chi connectivity index (χ3v) is 6.18. The zero-order valence-corrected chi connectivity index (χ0v) is 16.8. The van der Waals surface area contributed by atoms with Gasteiger partial charge in [-0.05, 0) is 38.5 Å². The maximum Gasteiger partial charge on any atom is 0.379 e. The minimum Gasteiger partial charge on any atom is -0.304 e. The molecular weight excluding hydrogens is 357 g/mol. The minimum absolute atomic E-state index is 0.291. The Balaban J connectivity index is 2.19. The fourth-order valence-electron chi connectivity index (χ4n) is 2.89. The SMILES string of the molecule is CCOP(=O)(OCC)c1ccc(-c2ccccc2)c(-c2ccc(C)cc2)n1. The highest BCUT2D eigenvalue weighted by Crippen LogP contribution is 2.47. The van der Waals surface area contributed by atoms with E-state index in [-0.39, 0.29) is 0 Å². The second-order valence-corrected chi connectivity index (χ2v) is 8.10. The van der Waals surface area contributed by atoms with E-state index < -0.39 is 7.60 Å². The molecule has 0 saturated carbocycles. The molecule has 0 aliphatic carbocycles. The topological polar surface area (TPSA) is 48.4 Å². The average molecular weight is 381 g/mol. The van der Waals surface area contributed by atoms with Crippen LogP contribution in [0.4, 0.5) is 0 Å². The summed E-state index contributed by atoms with van der Waals surface area (Å²) >= 11 is 0. The lowest BCUT2D eigenvalue weighted by Gasteiger charge is -2.18. The largest absolute Gasteiger partial charge is 0.379 e. The monoisotopic (exact) mass is 381 g/mol. The summed E-state index contributed by atoms with van der Waals surface area (Å²) in [6.07, 6.45) is 0. The molecule has 0 radical (unpaired) electrons. The zero-order chi connectivity index (χ0) is 19.3. The van der Waals surface area contributed by atoms with Crippen LogP contribution in [0.5, 0.6) is 0 Å². The van der Waals surface area contributed by atoms with E-state index >= 15 is 0 Å². The Hall–Kier alpha value is -2.26. The van der Waals surface area contributed by atoms with E-state index in [1.807, 2.05) is 67.6 Å². The van der Waals surface area contributed by atoms with Crippen molar-refractivity contribution in [2.45, 2.75) is 20.8 Å². The van der Waals surface area contributed by atoms with E-state index in [0.717, 1.165) is 22.4 Å². The summed E-state index contributed by atoms with van der Waals surface area (Å²) in [5.74, 6) is 0. The van der Waals surface area contributed by atoms with Crippen molar-refractivity contribution in [2.24, 2.45) is 0 Å². The van der Waals surface area contributed by atoms with E-state index in [9.17, 15) is 4.57 Å². The minimum atomic E-state index is -3.45. The Morgan fingerprint density at radius 3 is 2.04 bits per heavy atom. The van der Waals surface area contributed by atoms with Crippen molar-refractivity contribution in [2.75, 3.05) is 13.2 Å². The Morgan fingerprint density at radius 1 is 0.815 bits per heavy atom. The van der Waals surface area contributed by atoms with E-state index in [1.165, 1.54) is 5.56 Å². The number of aromatic nitrogens is 1. The maximum atomic E-state index is 13.2. The molecule has 0 amide bonds. The third kappa shape index (κ3) is 4.36. The van der Waals surface area contributed by atoms with Crippen LogP contribution in [-0.4, -0.2) is 18.2 Å². The summed E-state index contributed by atoms with van der Waals surface area (Å²) in [6.45, 7) is 6.22. The van der Waals surface area contributed by atoms with Crippen LogP contribution in [0.15, 0.2) is 66.7 Å².